The van der Waals surface area contributed by atoms with Crippen molar-refractivity contribution >= 4 is 11.7 Å². The average Bonchev–Trinajstić information content (AvgIpc) is 2.72. The maximum Gasteiger partial charge on any atom is 0.254 e. The van der Waals surface area contributed by atoms with Crippen LogP contribution in [0, 0.1) is 0 Å². The number of benzene rings is 1. The quantitative estimate of drug-likeness (QED) is 0.739. The number of hydrogen-bond donors (Lipinski definition) is 0. The van der Waals surface area contributed by atoms with Gasteiger partial charge in [-0.05, 0) is 45.0 Å². The van der Waals surface area contributed by atoms with Gasteiger partial charge in [0.25, 0.3) is 5.91 Å². The highest BCUT2D eigenvalue weighted by molar-refractivity contribution is 6.07. The molecule has 5 heteroatoms. The first-order valence-electron chi connectivity index (χ1n) is 9.55. The molecule has 0 radical (unpaired) electrons. The zero-order valence-electron chi connectivity index (χ0n) is 16.1. The van der Waals surface area contributed by atoms with Gasteiger partial charge in [0, 0.05) is 49.6 Å². The van der Waals surface area contributed by atoms with E-state index in [4.69, 9.17) is 0 Å². The molecule has 2 aromatic rings. The highest BCUT2D eigenvalue weighted by atomic mass is 16.2. The number of piperidine rings is 1. The van der Waals surface area contributed by atoms with Gasteiger partial charge in [-0.1, -0.05) is 24.3 Å². The van der Waals surface area contributed by atoms with Crippen LogP contribution in [0.4, 0.5) is 0 Å². The summed E-state index contributed by atoms with van der Waals surface area (Å²) in [7, 11) is 2.12. The molecular formula is C22H27N3O2. The zero-order valence-corrected chi connectivity index (χ0v) is 16.1. The zero-order chi connectivity index (χ0) is 19.2. The second kappa shape index (κ2) is 8.91. The minimum absolute atomic E-state index is 0.0383. The smallest absolute Gasteiger partial charge is 0.254 e. The third kappa shape index (κ3) is 4.80. The summed E-state index contributed by atoms with van der Waals surface area (Å²) in [5.74, 6) is -0.108. The first-order valence-corrected chi connectivity index (χ1v) is 9.55. The van der Waals surface area contributed by atoms with Gasteiger partial charge in [-0.15, -0.1) is 0 Å². The van der Waals surface area contributed by atoms with Crippen molar-refractivity contribution in [2.24, 2.45) is 0 Å². The molecule has 0 spiro atoms. The number of ketones is 1. The Balaban J connectivity index is 1.63. The summed E-state index contributed by atoms with van der Waals surface area (Å²) in [4.78, 5) is 33.5. The molecule has 2 heterocycles. The number of carbonyl (C=O) groups excluding carboxylic acids is 2. The van der Waals surface area contributed by atoms with E-state index in [0.717, 1.165) is 38.0 Å². The topological polar surface area (TPSA) is 53.5 Å². The maximum absolute atomic E-state index is 13.0. The van der Waals surface area contributed by atoms with Gasteiger partial charge in [-0.2, -0.15) is 0 Å². The van der Waals surface area contributed by atoms with E-state index in [1.807, 2.05) is 35.4 Å². The summed E-state index contributed by atoms with van der Waals surface area (Å²) < 4.78 is 0. The Bertz CT molecular complexity index is 791. The van der Waals surface area contributed by atoms with Crippen molar-refractivity contribution in [3.63, 3.8) is 0 Å². The number of likely N-dealkylation sites (N-methyl/N-ethyl adjacent to an activating group) is 1. The van der Waals surface area contributed by atoms with Crippen LogP contribution in [-0.2, 0) is 6.42 Å². The van der Waals surface area contributed by atoms with Gasteiger partial charge in [0.2, 0.25) is 0 Å². The van der Waals surface area contributed by atoms with Crippen LogP contribution in [0.25, 0.3) is 0 Å². The second-order valence-corrected chi connectivity index (χ2v) is 7.20. The fraction of sp³-hybridized carbons (Fsp3) is 0.409. The molecule has 0 saturated carbocycles. The Morgan fingerprint density at radius 2 is 1.89 bits per heavy atom. The number of likely N-dealkylation sites (tertiary alicyclic amines) is 1. The first-order chi connectivity index (χ1) is 13.1. The Morgan fingerprint density at radius 3 is 2.59 bits per heavy atom. The molecule has 1 saturated heterocycles. The highest BCUT2D eigenvalue weighted by Crippen LogP contribution is 2.19. The number of hydrogen-bond acceptors (Lipinski definition) is 4. The number of pyridine rings is 1. The van der Waals surface area contributed by atoms with E-state index in [1.165, 1.54) is 6.92 Å². The van der Waals surface area contributed by atoms with Gasteiger partial charge < -0.3 is 9.80 Å². The molecule has 1 unspecified atom stereocenters. The minimum Gasteiger partial charge on any atom is -0.337 e. The Kier molecular flexibility index (Phi) is 6.35. The van der Waals surface area contributed by atoms with Gasteiger partial charge in [0.15, 0.2) is 5.78 Å². The average molecular weight is 365 g/mol. The van der Waals surface area contributed by atoms with Gasteiger partial charge in [-0.25, -0.2) is 0 Å². The molecule has 0 aliphatic carbocycles. The molecule has 1 fully saturated rings. The fourth-order valence-electron chi connectivity index (χ4n) is 3.67. The SMILES string of the molecule is CC(=O)c1ccccc1C(=O)N1CCCC(N(C)CCc2ccccn2)C1. The van der Waals surface area contributed by atoms with E-state index in [2.05, 4.69) is 16.9 Å². The molecule has 27 heavy (non-hydrogen) atoms. The Hall–Kier alpha value is -2.53. The molecule has 5 nitrogen and oxygen atoms in total. The minimum atomic E-state index is -0.0695. The molecule has 3 rings (SSSR count). The number of aromatic nitrogens is 1. The molecule has 1 atom stereocenters. The van der Waals surface area contributed by atoms with Gasteiger partial charge >= 0.3 is 0 Å². The normalized spacial score (nSPS) is 17.1. The van der Waals surface area contributed by atoms with Crippen LogP contribution in [-0.4, -0.2) is 59.2 Å². The van der Waals surface area contributed by atoms with E-state index in [1.54, 1.807) is 18.2 Å². The number of Topliss-reactive ketones (excluding diaryl/α,β-unsaturated/α-hetero) is 1. The van der Waals surface area contributed by atoms with Crippen molar-refractivity contribution in [1.29, 1.82) is 0 Å². The van der Waals surface area contributed by atoms with Crippen LogP contribution in [0.2, 0.25) is 0 Å². The Morgan fingerprint density at radius 1 is 1.15 bits per heavy atom. The first kappa shape index (κ1) is 19.2. The number of rotatable bonds is 6. The van der Waals surface area contributed by atoms with E-state index in [9.17, 15) is 9.59 Å². The van der Waals surface area contributed by atoms with Gasteiger partial charge in [-0.3, -0.25) is 14.6 Å². The third-order valence-electron chi connectivity index (χ3n) is 5.29. The van der Waals surface area contributed by atoms with Gasteiger partial charge in [0.1, 0.15) is 0 Å². The van der Waals surface area contributed by atoms with Crippen molar-refractivity contribution in [2.45, 2.75) is 32.2 Å². The molecule has 0 bridgehead atoms. The molecule has 1 aliphatic rings. The van der Waals surface area contributed by atoms with Crippen molar-refractivity contribution in [1.82, 2.24) is 14.8 Å². The third-order valence-corrected chi connectivity index (χ3v) is 5.29. The van der Waals surface area contributed by atoms with E-state index >= 15 is 0 Å². The molecule has 0 N–H and O–H groups in total. The summed E-state index contributed by atoms with van der Waals surface area (Å²) in [6.07, 6.45) is 4.78. The predicted molar refractivity (Wildman–Crippen MR) is 106 cm³/mol. The van der Waals surface area contributed by atoms with Crippen molar-refractivity contribution < 1.29 is 9.59 Å². The van der Waals surface area contributed by atoms with Crippen molar-refractivity contribution in [3.8, 4) is 0 Å². The summed E-state index contributed by atoms with van der Waals surface area (Å²) >= 11 is 0. The van der Waals surface area contributed by atoms with E-state index in [0.29, 0.717) is 23.7 Å². The molecule has 1 aromatic carbocycles. The highest BCUT2D eigenvalue weighted by Gasteiger charge is 2.28. The van der Waals surface area contributed by atoms with E-state index in [-0.39, 0.29) is 11.7 Å². The molecular weight excluding hydrogens is 338 g/mol. The Labute approximate surface area is 161 Å². The number of carbonyl (C=O) groups is 2. The number of nitrogens with zero attached hydrogens (tertiary/aromatic N) is 3. The largest absolute Gasteiger partial charge is 0.337 e. The van der Waals surface area contributed by atoms with Crippen LogP contribution < -0.4 is 0 Å². The lowest BCUT2D eigenvalue weighted by Crippen LogP contribution is -2.49. The van der Waals surface area contributed by atoms with Crippen molar-refractivity contribution in [2.75, 3.05) is 26.7 Å². The summed E-state index contributed by atoms with van der Waals surface area (Å²) in [5.41, 5.74) is 2.11. The van der Waals surface area contributed by atoms with Crippen molar-refractivity contribution in [3.05, 3.63) is 65.5 Å². The number of amides is 1. The van der Waals surface area contributed by atoms with Crippen LogP contribution in [0.3, 0.4) is 0 Å². The van der Waals surface area contributed by atoms with Crippen LogP contribution >= 0.6 is 0 Å². The predicted octanol–water partition coefficient (Wildman–Crippen LogP) is 3.06. The molecule has 1 aliphatic heterocycles. The maximum atomic E-state index is 13.0. The lowest BCUT2D eigenvalue weighted by molar-refractivity contribution is 0.0608. The lowest BCUT2D eigenvalue weighted by Gasteiger charge is -2.38. The molecule has 142 valence electrons. The van der Waals surface area contributed by atoms with Crippen LogP contribution in [0.5, 0.6) is 0 Å². The summed E-state index contributed by atoms with van der Waals surface area (Å²) in [6, 6.07) is 13.4. The fourth-order valence-corrected chi connectivity index (χ4v) is 3.67. The lowest BCUT2D eigenvalue weighted by atomic mass is 9.99. The summed E-state index contributed by atoms with van der Waals surface area (Å²) in [5, 5.41) is 0. The second-order valence-electron chi connectivity index (χ2n) is 7.20. The van der Waals surface area contributed by atoms with Crippen LogP contribution in [0.15, 0.2) is 48.7 Å². The summed E-state index contributed by atoms with van der Waals surface area (Å²) in [6.45, 7) is 3.86. The van der Waals surface area contributed by atoms with Gasteiger partial charge in [0.05, 0.1) is 5.56 Å². The molecule has 1 amide bonds. The monoisotopic (exact) mass is 365 g/mol. The van der Waals surface area contributed by atoms with E-state index < -0.39 is 0 Å². The standard InChI is InChI=1S/C22H27N3O2/c1-17(26)20-10-3-4-11-21(20)22(27)25-14-7-9-19(16-25)24(2)15-12-18-8-5-6-13-23-18/h3-6,8,10-11,13,19H,7,9,12,14-16H2,1-2H3. The van der Waals surface area contributed by atoms with Crippen LogP contribution in [0.1, 0.15) is 46.2 Å². The molecule has 1 aromatic heterocycles.